The Morgan fingerprint density at radius 1 is 1.15 bits per heavy atom. The summed E-state index contributed by atoms with van der Waals surface area (Å²) >= 11 is 1.28. The van der Waals surface area contributed by atoms with Crippen molar-refractivity contribution in [1.29, 1.82) is 5.41 Å². The van der Waals surface area contributed by atoms with E-state index in [1.165, 1.54) is 16.7 Å². The third-order valence-electron chi connectivity index (χ3n) is 2.91. The van der Waals surface area contributed by atoms with E-state index in [2.05, 4.69) is 0 Å². The first-order valence-electron chi connectivity index (χ1n) is 6.03. The molecule has 0 saturated carbocycles. The number of halogens is 1. The maximum Gasteiger partial charge on any atom is 0.261 e. The molecule has 2 amide bonds. The van der Waals surface area contributed by atoms with Crippen molar-refractivity contribution in [1.82, 2.24) is 4.90 Å². The Balaban J connectivity index is 0.00000200. The van der Waals surface area contributed by atoms with Gasteiger partial charge in [0.05, 0.1) is 11.1 Å². The van der Waals surface area contributed by atoms with Gasteiger partial charge in [0, 0.05) is 12.3 Å². The number of fused-ring (bicyclic) bond motifs is 1. The number of hydrogen-bond donors (Lipinski definition) is 2. The summed E-state index contributed by atoms with van der Waals surface area (Å²) in [5.74, 6) is 0.318. The number of nitrogens with zero attached hydrogens (tertiary/aromatic N) is 1. The summed E-state index contributed by atoms with van der Waals surface area (Å²) in [4.78, 5) is 25.3. The Hall–Kier alpha value is -1.34. The molecule has 0 radical (unpaired) electrons. The summed E-state index contributed by atoms with van der Waals surface area (Å²) in [6.45, 7) is 0.421. The van der Waals surface area contributed by atoms with Gasteiger partial charge in [0.15, 0.2) is 5.17 Å². The third kappa shape index (κ3) is 3.61. The fourth-order valence-corrected chi connectivity index (χ4v) is 2.56. The molecule has 1 aromatic rings. The highest BCUT2D eigenvalue weighted by molar-refractivity contribution is 8.93. The summed E-state index contributed by atoms with van der Waals surface area (Å²) in [6, 6.07) is 6.89. The molecule has 1 aliphatic rings. The van der Waals surface area contributed by atoms with Gasteiger partial charge in [-0.15, -0.1) is 17.0 Å². The molecule has 1 heterocycles. The van der Waals surface area contributed by atoms with Gasteiger partial charge in [-0.05, 0) is 25.0 Å². The molecule has 7 heteroatoms. The maximum absolute atomic E-state index is 12.0. The van der Waals surface area contributed by atoms with Crippen molar-refractivity contribution in [3.05, 3.63) is 35.4 Å². The first-order valence-corrected chi connectivity index (χ1v) is 7.02. The molecule has 0 fully saturated rings. The number of unbranched alkanes of at least 4 members (excludes halogenated alkanes) is 1. The Morgan fingerprint density at radius 3 is 2.20 bits per heavy atom. The predicted octanol–water partition coefficient (Wildman–Crippen LogP) is 2.27. The van der Waals surface area contributed by atoms with Crippen molar-refractivity contribution >= 4 is 45.7 Å². The summed E-state index contributed by atoms with van der Waals surface area (Å²) in [7, 11) is 0. The normalized spacial score (nSPS) is 13.1. The van der Waals surface area contributed by atoms with Crippen molar-refractivity contribution in [2.24, 2.45) is 5.73 Å². The van der Waals surface area contributed by atoms with E-state index in [4.69, 9.17) is 11.1 Å². The van der Waals surface area contributed by atoms with Gasteiger partial charge < -0.3 is 5.73 Å². The third-order valence-corrected chi connectivity index (χ3v) is 3.72. The number of amidine groups is 1. The molecule has 0 bridgehead atoms. The van der Waals surface area contributed by atoms with Gasteiger partial charge in [0.1, 0.15) is 0 Å². The first kappa shape index (κ1) is 16.7. The van der Waals surface area contributed by atoms with E-state index in [0.717, 1.165) is 18.6 Å². The first-order chi connectivity index (χ1) is 9.11. The van der Waals surface area contributed by atoms with Gasteiger partial charge in [-0.25, -0.2) is 0 Å². The Morgan fingerprint density at radius 2 is 1.70 bits per heavy atom. The van der Waals surface area contributed by atoms with Gasteiger partial charge in [-0.2, -0.15) is 0 Å². The summed E-state index contributed by atoms with van der Waals surface area (Å²) in [5.41, 5.74) is 6.21. The number of imide groups is 1. The minimum atomic E-state index is -0.208. The zero-order chi connectivity index (χ0) is 13.8. The van der Waals surface area contributed by atoms with Gasteiger partial charge >= 0.3 is 0 Å². The fraction of sp³-hybridized carbons (Fsp3) is 0.308. The Bertz CT molecular complexity index is 501. The van der Waals surface area contributed by atoms with Crippen LogP contribution in [0.15, 0.2) is 24.3 Å². The minimum Gasteiger partial charge on any atom is -0.379 e. The SMILES string of the molecule is Br.N=C(N)SCCCCN1C(=O)c2ccccc2C1=O. The number of benzene rings is 1. The molecule has 3 N–H and O–H groups in total. The van der Waals surface area contributed by atoms with E-state index in [-0.39, 0.29) is 34.0 Å². The van der Waals surface area contributed by atoms with Gasteiger partial charge in [0.25, 0.3) is 11.8 Å². The van der Waals surface area contributed by atoms with Crippen LogP contribution in [0.2, 0.25) is 0 Å². The molecule has 0 aliphatic carbocycles. The maximum atomic E-state index is 12.0. The highest BCUT2D eigenvalue weighted by Gasteiger charge is 2.34. The quantitative estimate of drug-likeness (QED) is 0.366. The number of nitrogens with two attached hydrogens (primary N) is 1. The zero-order valence-electron chi connectivity index (χ0n) is 10.8. The van der Waals surface area contributed by atoms with Crippen molar-refractivity contribution in [3.8, 4) is 0 Å². The molecule has 20 heavy (non-hydrogen) atoms. The van der Waals surface area contributed by atoms with E-state index < -0.39 is 0 Å². The van der Waals surface area contributed by atoms with Crippen LogP contribution in [0, 0.1) is 5.41 Å². The number of carbonyl (C=O) groups excluding carboxylic acids is 2. The van der Waals surface area contributed by atoms with E-state index in [1.54, 1.807) is 24.3 Å². The monoisotopic (exact) mass is 357 g/mol. The number of carbonyl (C=O) groups is 2. The smallest absolute Gasteiger partial charge is 0.261 e. The molecular weight excluding hydrogens is 342 g/mol. The highest BCUT2D eigenvalue weighted by Crippen LogP contribution is 2.22. The second-order valence-electron chi connectivity index (χ2n) is 4.23. The minimum absolute atomic E-state index is 0. The molecule has 0 saturated heterocycles. The standard InChI is InChI=1S/C13H15N3O2S.BrH/c14-13(15)19-8-4-3-7-16-11(17)9-5-1-2-6-10(9)12(16)18;/h1-2,5-6H,3-4,7-8H2,(H3,14,15);1H. The van der Waals surface area contributed by atoms with Crippen LogP contribution in [0.5, 0.6) is 0 Å². The van der Waals surface area contributed by atoms with E-state index in [0.29, 0.717) is 17.7 Å². The van der Waals surface area contributed by atoms with Crippen molar-refractivity contribution in [2.75, 3.05) is 12.3 Å². The van der Waals surface area contributed by atoms with Crippen LogP contribution in [-0.4, -0.2) is 34.2 Å². The van der Waals surface area contributed by atoms with Crippen LogP contribution in [0.3, 0.4) is 0 Å². The lowest BCUT2D eigenvalue weighted by molar-refractivity contribution is 0.0652. The lowest BCUT2D eigenvalue weighted by atomic mass is 10.1. The van der Waals surface area contributed by atoms with Crippen LogP contribution in [0.25, 0.3) is 0 Å². The Kier molecular flexibility index (Phi) is 6.22. The average molecular weight is 358 g/mol. The topological polar surface area (TPSA) is 87.2 Å². The second kappa shape index (κ2) is 7.44. The van der Waals surface area contributed by atoms with Crippen molar-refractivity contribution in [3.63, 3.8) is 0 Å². The molecule has 5 nitrogen and oxygen atoms in total. The number of hydrogen-bond acceptors (Lipinski definition) is 4. The number of amides is 2. The summed E-state index contributed by atoms with van der Waals surface area (Å²) in [5, 5.41) is 7.17. The van der Waals surface area contributed by atoms with Crippen molar-refractivity contribution < 1.29 is 9.59 Å². The second-order valence-corrected chi connectivity index (χ2v) is 5.36. The number of rotatable bonds is 5. The summed E-state index contributed by atoms with van der Waals surface area (Å²) < 4.78 is 0. The molecule has 2 rings (SSSR count). The van der Waals surface area contributed by atoms with E-state index in [1.807, 2.05) is 0 Å². The predicted molar refractivity (Wildman–Crippen MR) is 85.7 cm³/mol. The van der Waals surface area contributed by atoms with Gasteiger partial charge in [-0.1, -0.05) is 23.9 Å². The van der Waals surface area contributed by atoms with Gasteiger partial charge in [-0.3, -0.25) is 19.9 Å². The highest BCUT2D eigenvalue weighted by atomic mass is 79.9. The van der Waals surface area contributed by atoms with Crippen molar-refractivity contribution in [2.45, 2.75) is 12.8 Å². The Labute approximate surface area is 132 Å². The summed E-state index contributed by atoms with van der Waals surface area (Å²) in [6.07, 6.45) is 1.55. The molecule has 1 aromatic carbocycles. The molecule has 0 aromatic heterocycles. The molecule has 0 unspecified atom stereocenters. The largest absolute Gasteiger partial charge is 0.379 e. The lowest BCUT2D eigenvalue weighted by Crippen LogP contribution is -2.30. The van der Waals surface area contributed by atoms with Crippen LogP contribution in [0.4, 0.5) is 0 Å². The zero-order valence-corrected chi connectivity index (χ0v) is 13.3. The van der Waals surface area contributed by atoms with E-state index >= 15 is 0 Å². The average Bonchev–Trinajstić information content (AvgIpc) is 2.63. The lowest BCUT2D eigenvalue weighted by Gasteiger charge is -2.13. The van der Waals surface area contributed by atoms with Crippen LogP contribution < -0.4 is 5.73 Å². The molecule has 108 valence electrons. The van der Waals surface area contributed by atoms with Gasteiger partial charge in [0.2, 0.25) is 0 Å². The number of thioether (sulfide) groups is 1. The van der Waals surface area contributed by atoms with E-state index in [9.17, 15) is 9.59 Å². The molecule has 1 aliphatic heterocycles. The van der Waals surface area contributed by atoms with Crippen LogP contribution in [0.1, 0.15) is 33.6 Å². The van der Waals surface area contributed by atoms with Crippen LogP contribution in [-0.2, 0) is 0 Å². The fourth-order valence-electron chi connectivity index (χ4n) is 2.00. The molecule has 0 spiro atoms. The van der Waals surface area contributed by atoms with Crippen LogP contribution >= 0.6 is 28.7 Å². The number of nitrogens with one attached hydrogen (secondary N) is 1. The molecule has 0 atom stereocenters. The molecular formula is C13H16BrN3O2S.